The smallest absolute Gasteiger partial charge is 0.0367 e. The zero-order chi connectivity index (χ0) is 17.6. The van der Waals surface area contributed by atoms with Crippen LogP contribution in [0.4, 0.5) is 5.69 Å². The minimum atomic E-state index is 1.04. The molecule has 0 aromatic heterocycles. The molecule has 1 aliphatic rings. The molecule has 4 rings (SSSR count). The molecule has 0 aliphatic carbocycles. The van der Waals surface area contributed by atoms with Crippen LogP contribution in [0, 0.1) is 0 Å². The maximum absolute atomic E-state index is 2.55. The summed E-state index contributed by atoms with van der Waals surface area (Å²) in [5.41, 5.74) is 2.74. The van der Waals surface area contributed by atoms with E-state index >= 15 is 0 Å². The van der Waals surface area contributed by atoms with Crippen LogP contribution in [-0.2, 0) is 6.54 Å². The van der Waals surface area contributed by atoms with Gasteiger partial charge in [-0.25, -0.2) is 0 Å². The van der Waals surface area contributed by atoms with E-state index in [0.717, 1.165) is 32.7 Å². The Morgan fingerprint density at radius 2 is 1.19 bits per heavy atom. The molecule has 3 aromatic carbocycles. The van der Waals surface area contributed by atoms with E-state index in [9.17, 15) is 0 Å². The highest BCUT2D eigenvalue weighted by Gasteiger charge is 2.17. The first kappa shape index (κ1) is 17.2. The van der Waals surface area contributed by atoms with Crippen LogP contribution < -0.4 is 4.90 Å². The fourth-order valence-corrected chi connectivity index (χ4v) is 4.19. The maximum atomic E-state index is 2.55. The third-order valence-electron chi connectivity index (χ3n) is 4.80. The van der Waals surface area contributed by atoms with Gasteiger partial charge in [0.25, 0.3) is 0 Å². The van der Waals surface area contributed by atoms with Crippen molar-refractivity contribution in [3.05, 3.63) is 90.5 Å². The largest absolute Gasteiger partial charge is 0.369 e. The van der Waals surface area contributed by atoms with Crippen LogP contribution in [0.5, 0.6) is 0 Å². The van der Waals surface area contributed by atoms with Gasteiger partial charge in [-0.2, -0.15) is 0 Å². The van der Waals surface area contributed by atoms with E-state index in [4.69, 9.17) is 0 Å². The fraction of sp³-hybridized carbons (Fsp3) is 0.217. The van der Waals surface area contributed by atoms with Gasteiger partial charge >= 0.3 is 0 Å². The van der Waals surface area contributed by atoms with Gasteiger partial charge < -0.3 is 4.90 Å². The van der Waals surface area contributed by atoms with E-state index in [2.05, 4.69) is 94.7 Å². The van der Waals surface area contributed by atoms with Crippen molar-refractivity contribution in [2.45, 2.75) is 16.3 Å². The molecule has 0 amide bonds. The molecule has 0 radical (unpaired) electrons. The van der Waals surface area contributed by atoms with Gasteiger partial charge in [-0.15, -0.1) is 0 Å². The molecule has 132 valence electrons. The lowest BCUT2D eigenvalue weighted by Crippen LogP contribution is -2.45. The van der Waals surface area contributed by atoms with Crippen molar-refractivity contribution in [1.82, 2.24) is 4.90 Å². The minimum absolute atomic E-state index is 1.04. The summed E-state index contributed by atoms with van der Waals surface area (Å²) in [7, 11) is 0. The van der Waals surface area contributed by atoms with E-state index in [1.807, 2.05) is 11.8 Å². The van der Waals surface area contributed by atoms with Gasteiger partial charge in [0, 0.05) is 48.2 Å². The average molecular weight is 361 g/mol. The van der Waals surface area contributed by atoms with Crippen LogP contribution in [0.1, 0.15) is 5.56 Å². The molecule has 0 unspecified atom stereocenters. The van der Waals surface area contributed by atoms with Crippen molar-refractivity contribution in [1.29, 1.82) is 0 Å². The lowest BCUT2D eigenvalue weighted by Gasteiger charge is -2.36. The number of piperazine rings is 1. The van der Waals surface area contributed by atoms with Crippen LogP contribution in [-0.4, -0.2) is 31.1 Å². The van der Waals surface area contributed by atoms with Gasteiger partial charge in [0.2, 0.25) is 0 Å². The summed E-state index contributed by atoms with van der Waals surface area (Å²) in [5, 5.41) is 0. The van der Waals surface area contributed by atoms with Gasteiger partial charge in [0.05, 0.1) is 0 Å². The normalized spacial score (nSPS) is 15.2. The molecule has 2 nitrogen and oxygen atoms in total. The number of rotatable bonds is 5. The minimum Gasteiger partial charge on any atom is -0.369 e. The topological polar surface area (TPSA) is 6.48 Å². The summed E-state index contributed by atoms with van der Waals surface area (Å²) >= 11 is 1.82. The Kier molecular flexibility index (Phi) is 5.58. The van der Waals surface area contributed by atoms with Crippen molar-refractivity contribution in [3.63, 3.8) is 0 Å². The quantitative estimate of drug-likeness (QED) is 0.620. The summed E-state index contributed by atoms with van der Waals surface area (Å²) in [6.07, 6.45) is 0. The summed E-state index contributed by atoms with van der Waals surface area (Å²) < 4.78 is 0. The fourth-order valence-electron chi connectivity index (χ4n) is 3.35. The Hall–Kier alpha value is -2.23. The van der Waals surface area contributed by atoms with E-state index in [1.165, 1.54) is 21.0 Å². The van der Waals surface area contributed by atoms with Crippen molar-refractivity contribution in [2.24, 2.45) is 0 Å². The zero-order valence-corrected chi connectivity index (χ0v) is 15.7. The van der Waals surface area contributed by atoms with Gasteiger partial charge in [0.1, 0.15) is 0 Å². The number of anilines is 1. The van der Waals surface area contributed by atoms with Crippen LogP contribution in [0.15, 0.2) is 94.7 Å². The van der Waals surface area contributed by atoms with Gasteiger partial charge in [0.15, 0.2) is 0 Å². The number of benzene rings is 3. The molecule has 0 N–H and O–H groups in total. The first-order valence-electron chi connectivity index (χ1n) is 9.21. The molecule has 1 heterocycles. The number of hydrogen-bond acceptors (Lipinski definition) is 3. The Morgan fingerprint density at radius 3 is 1.85 bits per heavy atom. The molecular formula is C23H24N2S. The third kappa shape index (κ3) is 4.48. The van der Waals surface area contributed by atoms with E-state index in [1.54, 1.807) is 0 Å². The Labute approximate surface area is 160 Å². The predicted octanol–water partition coefficient (Wildman–Crippen LogP) is 5.16. The highest BCUT2D eigenvalue weighted by atomic mass is 32.2. The van der Waals surface area contributed by atoms with Crippen molar-refractivity contribution in [2.75, 3.05) is 31.1 Å². The monoisotopic (exact) mass is 360 g/mol. The highest BCUT2D eigenvalue weighted by Crippen LogP contribution is 2.27. The first-order chi connectivity index (χ1) is 12.9. The summed E-state index contributed by atoms with van der Waals surface area (Å²) in [6, 6.07) is 30.3. The molecule has 3 aromatic rings. The molecule has 0 bridgehead atoms. The van der Waals surface area contributed by atoms with E-state index in [-0.39, 0.29) is 0 Å². The van der Waals surface area contributed by atoms with Crippen LogP contribution in [0.3, 0.4) is 0 Å². The van der Waals surface area contributed by atoms with Crippen LogP contribution in [0.2, 0.25) is 0 Å². The second kappa shape index (κ2) is 8.43. The standard InChI is InChI=1S/C23H24N2S/c1-3-7-21(8-4-1)25-17-15-24(16-18-25)19-20-11-13-23(14-12-20)26-22-9-5-2-6-10-22/h1-14H,15-19H2. The van der Waals surface area contributed by atoms with Crippen LogP contribution in [0.25, 0.3) is 0 Å². The second-order valence-electron chi connectivity index (χ2n) is 6.66. The molecule has 1 aliphatic heterocycles. The third-order valence-corrected chi connectivity index (χ3v) is 5.82. The Balaban J connectivity index is 1.30. The lowest BCUT2D eigenvalue weighted by atomic mass is 10.2. The van der Waals surface area contributed by atoms with Crippen molar-refractivity contribution < 1.29 is 0 Å². The van der Waals surface area contributed by atoms with Crippen LogP contribution >= 0.6 is 11.8 Å². The molecule has 1 fully saturated rings. The zero-order valence-electron chi connectivity index (χ0n) is 14.9. The van der Waals surface area contributed by atoms with Crippen molar-refractivity contribution >= 4 is 17.4 Å². The molecule has 1 saturated heterocycles. The molecular weight excluding hydrogens is 336 g/mol. The molecule has 0 spiro atoms. The van der Waals surface area contributed by atoms with Gasteiger partial charge in [-0.3, -0.25) is 4.90 Å². The average Bonchev–Trinajstić information content (AvgIpc) is 2.72. The lowest BCUT2D eigenvalue weighted by molar-refractivity contribution is 0.250. The van der Waals surface area contributed by atoms with Gasteiger partial charge in [-0.1, -0.05) is 60.3 Å². The predicted molar refractivity (Wildman–Crippen MR) is 111 cm³/mol. The molecule has 26 heavy (non-hydrogen) atoms. The number of para-hydroxylation sites is 1. The SMILES string of the molecule is c1ccc(Sc2ccc(CN3CCN(c4ccccc4)CC3)cc2)cc1. The van der Waals surface area contributed by atoms with Gasteiger partial charge in [-0.05, 0) is 42.0 Å². The number of hydrogen-bond donors (Lipinski definition) is 0. The molecule has 0 saturated carbocycles. The van der Waals surface area contributed by atoms with E-state index < -0.39 is 0 Å². The Morgan fingerprint density at radius 1 is 0.615 bits per heavy atom. The Bertz CT molecular complexity index is 795. The second-order valence-corrected chi connectivity index (χ2v) is 7.80. The van der Waals surface area contributed by atoms with Crippen molar-refractivity contribution in [3.8, 4) is 0 Å². The highest BCUT2D eigenvalue weighted by molar-refractivity contribution is 7.99. The number of nitrogens with zero attached hydrogens (tertiary/aromatic N) is 2. The summed E-state index contributed by atoms with van der Waals surface area (Å²) in [4.78, 5) is 7.63. The molecule has 3 heteroatoms. The summed E-state index contributed by atoms with van der Waals surface area (Å²) in [5.74, 6) is 0. The first-order valence-corrected chi connectivity index (χ1v) is 10.0. The van der Waals surface area contributed by atoms with E-state index in [0.29, 0.717) is 0 Å². The maximum Gasteiger partial charge on any atom is 0.0367 e. The molecule has 0 atom stereocenters. The summed E-state index contributed by atoms with van der Waals surface area (Å²) in [6.45, 7) is 5.49.